The molecule has 0 spiro atoms. The van der Waals surface area contributed by atoms with Gasteiger partial charge in [0.25, 0.3) is 11.6 Å². The summed E-state index contributed by atoms with van der Waals surface area (Å²) in [5.41, 5.74) is 1.32. The van der Waals surface area contributed by atoms with Crippen LogP contribution in [0.25, 0.3) is 5.69 Å². The molecule has 0 radical (unpaired) electrons. The van der Waals surface area contributed by atoms with Crippen LogP contribution in [0.5, 0.6) is 0 Å². The lowest BCUT2D eigenvalue weighted by atomic mass is 10.2. The Morgan fingerprint density at radius 3 is 2.60 bits per heavy atom. The van der Waals surface area contributed by atoms with Gasteiger partial charge in [0.05, 0.1) is 16.3 Å². The van der Waals surface area contributed by atoms with Gasteiger partial charge in [0.1, 0.15) is 10.8 Å². The topological polar surface area (TPSA) is 90.1 Å². The van der Waals surface area contributed by atoms with Crippen molar-refractivity contribution in [3.05, 3.63) is 81.0 Å². The van der Waals surface area contributed by atoms with Gasteiger partial charge >= 0.3 is 0 Å². The minimum Gasteiger partial charge on any atom is -0.306 e. The number of para-hydroxylation sites is 1. The fourth-order valence-corrected chi connectivity index (χ4v) is 2.52. The summed E-state index contributed by atoms with van der Waals surface area (Å²) in [6, 6.07) is 14.9. The van der Waals surface area contributed by atoms with Gasteiger partial charge in [0, 0.05) is 17.7 Å². The molecule has 1 amide bonds. The molecule has 0 bridgehead atoms. The van der Waals surface area contributed by atoms with E-state index in [1.165, 1.54) is 12.1 Å². The fraction of sp³-hybridized carbons (Fsp3) is 0.0588. The van der Waals surface area contributed by atoms with Gasteiger partial charge < -0.3 is 5.32 Å². The maximum Gasteiger partial charge on any atom is 0.288 e. The maximum absolute atomic E-state index is 12.5. The first kappa shape index (κ1) is 16.7. The largest absolute Gasteiger partial charge is 0.306 e. The summed E-state index contributed by atoms with van der Waals surface area (Å²) >= 11 is 5.78. The Morgan fingerprint density at radius 1 is 1.20 bits per heavy atom. The van der Waals surface area contributed by atoms with E-state index in [4.69, 9.17) is 11.6 Å². The van der Waals surface area contributed by atoms with Gasteiger partial charge in [-0.15, -0.1) is 0 Å². The number of benzene rings is 2. The molecule has 8 heteroatoms. The number of hydrogen-bond donors (Lipinski definition) is 1. The highest BCUT2D eigenvalue weighted by atomic mass is 35.5. The van der Waals surface area contributed by atoms with E-state index in [9.17, 15) is 14.9 Å². The van der Waals surface area contributed by atoms with Crippen LogP contribution in [0.2, 0.25) is 5.02 Å². The first-order valence-corrected chi connectivity index (χ1v) is 7.71. The van der Waals surface area contributed by atoms with Gasteiger partial charge in [-0.25, -0.2) is 4.68 Å². The monoisotopic (exact) mass is 356 g/mol. The summed E-state index contributed by atoms with van der Waals surface area (Å²) in [5.74, 6) is -0.0249. The number of anilines is 1. The zero-order chi connectivity index (χ0) is 18.0. The van der Waals surface area contributed by atoms with E-state index in [0.29, 0.717) is 5.82 Å². The summed E-state index contributed by atoms with van der Waals surface area (Å²) in [5, 5.41) is 18.0. The molecule has 0 aliphatic rings. The molecule has 0 aliphatic heterocycles. The van der Waals surface area contributed by atoms with Crippen LogP contribution >= 0.6 is 11.6 Å². The Labute approximate surface area is 148 Å². The lowest BCUT2D eigenvalue weighted by Crippen LogP contribution is -2.15. The number of aromatic nitrogens is 2. The third-order valence-electron chi connectivity index (χ3n) is 3.48. The Hall–Kier alpha value is -3.19. The number of nitrogens with one attached hydrogen (secondary N) is 1. The number of nitro benzene ring substituents is 1. The van der Waals surface area contributed by atoms with Crippen molar-refractivity contribution in [1.82, 2.24) is 9.78 Å². The highest BCUT2D eigenvalue weighted by molar-refractivity contribution is 6.32. The Kier molecular flexibility index (Phi) is 4.49. The highest BCUT2D eigenvalue weighted by Crippen LogP contribution is 2.26. The predicted molar refractivity (Wildman–Crippen MR) is 94.4 cm³/mol. The Bertz CT molecular complexity index is 954. The van der Waals surface area contributed by atoms with Crippen LogP contribution in [0, 0.1) is 17.0 Å². The van der Waals surface area contributed by atoms with Gasteiger partial charge in [-0.05, 0) is 31.2 Å². The van der Waals surface area contributed by atoms with Gasteiger partial charge in [-0.1, -0.05) is 29.8 Å². The summed E-state index contributed by atoms with van der Waals surface area (Å²) < 4.78 is 1.59. The molecule has 3 aromatic rings. The maximum atomic E-state index is 12.5. The molecule has 0 saturated heterocycles. The Morgan fingerprint density at radius 2 is 1.92 bits per heavy atom. The number of hydrogen-bond acceptors (Lipinski definition) is 4. The molecule has 3 rings (SSSR count). The smallest absolute Gasteiger partial charge is 0.288 e. The first-order valence-electron chi connectivity index (χ1n) is 7.33. The summed E-state index contributed by atoms with van der Waals surface area (Å²) in [4.78, 5) is 22.8. The molecule has 25 heavy (non-hydrogen) atoms. The second-order valence-corrected chi connectivity index (χ2v) is 5.70. The van der Waals surface area contributed by atoms with E-state index < -0.39 is 10.8 Å². The fourth-order valence-electron chi connectivity index (χ4n) is 2.34. The Balaban J connectivity index is 1.92. The molecule has 2 aromatic carbocycles. The molecule has 0 unspecified atom stereocenters. The van der Waals surface area contributed by atoms with Crippen LogP contribution in [-0.4, -0.2) is 20.6 Å². The minimum absolute atomic E-state index is 0.0216. The van der Waals surface area contributed by atoms with Crippen molar-refractivity contribution in [3.63, 3.8) is 0 Å². The zero-order valence-electron chi connectivity index (χ0n) is 13.1. The van der Waals surface area contributed by atoms with Crippen molar-refractivity contribution in [2.45, 2.75) is 6.92 Å². The lowest BCUT2D eigenvalue weighted by Gasteiger charge is -2.09. The van der Waals surface area contributed by atoms with Gasteiger partial charge in [-0.3, -0.25) is 14.9 Å². The third-order valence-corrected chi connectivity index (χ3v) is 3.80. The number of rotatable bonds is 4. The van der Waals surface area contributed by atoms with Crippen molar-refractivity contribution in [2.75, 3.05) is 5.32 Å². The SMILES string of the molecule is Cc1cc(NC(=O)c2ccc(Cl)c([N+](=O)[O-])c2)n(-c2ccccc2)n1. The van der Waals surface area contributed by atoms with E-state index in [-0.39, 0.29) is 16.3 Å². The minimum atomic E-state index is -0.627. The predicted octanol–water partition coefficient (Wildman–Crippen LogP) is 3.99. The van der Waals surface area contributed by atoms with Crippen LogP contribution in [0.4, 0.5) is 11.5 Å². The van der Waals surface area contributed by atoms with Crippen molar-refractivity contribution in [2.24, 2.45) is 0 Å². The van der Waals surface area contributed by atoms with Gasteiger partial charge in [0.15, 0.2) is 0 Å². The van der Waals surface area contributed by atoms with E-state index in [1.807, 2.05) is 37.3 Å². The number of halogens is 1. The quantitative estimate of drug-likeness (QED) is 0.565. The molecule has 0 fully saturated rings. The van der Waals surface area contributed by atoms with Crippen LogP contribution in [0.15, 0.2) is 54.6 Å². The zero-order valence-corrected chi connectivity index (χ0v) is 13.9. The van der Waals surface area contributed by atoms with E-state index in [1.54, 1.807) is 10.7 Å². The molecule has 126 valence electrons. The number of nitrogens with zero attached hydrogens (tertiary/aromatic N) is 3. The van der Waals surface area contributed by atoms with E-state index >= 15 is 0 Å². The molecule has 0 atom stereocenters. The molecule has 1 heterocycles. The second kappa shape index (κ2) is 6.74. The highest BCUT2D eigenvalue weighted by Gasteiger charge is 2.18. The average molecular weight is 357 g/mol. The summed E-state index contributed by atoms with van der Waals surface area (Å²) in [7, 11) is 0. The van der Waals surface area contributed by atoms with Crippen LogP contribution < -0.4 is 5.32 Å². The second-order valence-electron chi connectivity index (χ2n) is 5.30. The standard InChI is InChI=1S/C17H13ClN4O3/c1-11-9-16(21(20-11)13-5-3-2-4-6-13)19-17(23)12-7-8-14(18)15(10-12)22(24)25/h2-10H,1H3,(H,19,23). The van der Waals surface area contributed by atoms with Crippen LogP contribution in [0.1, 0.15) is 16.1 Å². The number of amides is 1. The molecule has 1 aromatic heterocycles. The van der Waals surface area contributed by atoms with Crippen molar-refractivity contribution in [3.8, 4) is 5.69 Å². The number of carbonyl (C=O) groups excluding carboxylic acids is 1. The number of nitro groups is 1. The number of aryl methyl sites for hydroxylation is 1. The molecule has 0 aliphatic carbocycles. The van der Waals surface area contributed by atoms with E-state index in [2.05, 4.69) is 10.4 Å². The lowest BCUT2D eigenvalue weighted by molar-refractivity contribution is -0.384. The molecule has 1 N–H and O–H groups in total. The van der Waals surface area contributed by atoms with Crippen LogP contribution in [-0.2, 0) is 0 Å². The van der Waals surface area contributed by atoms with Gasteiger partial charge in [-0.2, -0.15) is 5.10 Å². The van der Waals surface area contributed by atoms with Crippen molar-refractivity contribution < 1.29 is 9.72 Å². The summed E-state index contributed by atoms with van der Waals surface area (Å²) in [6.45, 7) is 1.81. The van der Waals surface area contributed by atoms with E-state index in [0.717, 1.165) is 17.4 Å². The van der Waals surface area contributed by atoms with Gasteiger partial charge in [0.2, 0.25) is 0 Å². The third kappa shape index (κ3) is 3.51. The molecule has 0 saturated carbocycles. The van der Waals surface area contributed by atoms with Crippen molar-refractivity contribution in [1.29, 1.82) is 0 Å². The molecule has 7 nitrogen and oxygen atoms in total. The normalized spacial score (nSPS) is 10.5. The first-order chi connectivity index (χ1) is 12.0. The average Bonchev–Trinajstić information content (AvgIpc) is 2.96. The molecular formula is C17H13ClN4O3. The number of carbonyl (C=O) groups is 1. The summed E-state index contributed by atoms with van der Waals surface area (Å²) in [6.07, 6.45) is 0. The molecular weight excluding hydrogens is 344 g/mol. The van der Waals surface area contributed by atoms with Crippen molar-refractivity contribution >= 4 is 29.0 Å². The van der Waals surface area contributed by atoms with Crippen LogP contribution in [0.3, 0.4) is 0 Å².